The molecule has 0 aliphatic heterocycles. The molecular weight excluding hydrogens is 178 g/mol. The Hall–Kier alpha value is -0.570. The number of aliphatic carboxylic acids is 1. The standard InChI is InChI=1S/C11H21NO2/c1-4-8(10(13)14)12-9-6-5-7-11(9,2)3/h8-9,12H,4-7H2,1-3H3,(H,13,14). The normalized spacial score (nSPS) is 27.5. The lowest BCUT2D eigenvalue weighted by Crippen LogP contribution is -2.47. The van der Waals surface area contributed by atoms with Crippen LogP contribution in [0.3, 0.4) is 0 Å². The summed E-state index contributed by atoms with van der Waals surface area (Å²) < 4.78 is 0. The summed E-state index contributed by atoms with van der Waals surface area (Å²) in [6.45, 7) is 6.34. The molecule has 0 radical (unpaired) electrons. The van der Waals surface area contributed by atoms with Gasteiger partial charge >= 0.3 is 5.97 Å². The zero-order valence-corrected chi connectivity index (χ0v) is 9.34. The Balaban J connectivity index is 2.54. The average Bonchev–Trinajstić information content (AvgIpc) is 2.40. The first-order valence-electron chi connectivity index (χ1n) is 5.46. The lowest BCUT2D eigenvalue weighted by atomic mass is 9.87. The van der Waals surface area contributed by atoms with E-state index in [0.717, 1.165) is 6.42 Å². The van der Waals surface area contributed by atoms with Crippen LogP contribution in [0.2, 0.25) is 0 Å². The van der Waals surface area contributed by atoms with Crippen molar-refractivity contribution in [3.8, 4) is 0 Å². The van der Waals surface area contributed by atoms with Gasteiger partial charge in [-0.05, 0) is 24.7 Å². The van der Waals surface area contributed by atoms with E-state index in [1.807, 2.05) is 6.92 Å². The number of carboxylic acids is 1. The van der Waals surface area contributed by atoms with Crippen LogP contribution >= 0.6 is 0 Å². The summed E-state index contributed by atoms with van der Waals surface area (Å²) in [6, 6.07) is -0.0130. The zero-order chi connectivity index (χ0) is 10.8. The van der Waals surface area contributed by atoms with Gasteiger partial charge in [-0.1, -0.05) is 27.2 Å². The third-order valence-corrected chi connectivity index (χ3v) is 3.37. The van der Waals surface area contributed by atoms with Gasteiger partial charge in [0.2, 0.25) is 0 Å². The molecule has 0 bridgehead atoms. The molecule has 1 aliphatic carbocycles. The second-order valence-corrected chi connectivity index (χ2v) is 4.90. The predicted molar refractivity (Wildman–Crippen MR) is 56.3 cm³/mol. The van der Waals surface area contributed by atoms with Crippen molar-refractivity contribution in [2.45, 2.75) is 58.5 Å². The Morgan fingerprint density at radius 2 is 2.29 bits per heavy atom. The lowest BCUT2D eigenvalue weighted by Gasteiger charge is -2.30. The van der Waals surface area contributed by atoms with Gasteiger partial charge in [-0.25, -0.2) is 0 Å². The Morgan fingerprint density at radius 1 is 1.64 bits per heavy atom. The van der Waals surface area contributed by atoms with Crippen LogP contribution in [0.5, 0.6) is 0 Å². The second-order valence-electron chi connectivity index (χ2n) is 4.90. The molecule has 1 aliphatic rings. The molecule has 3 heteroatoms. The van der Waals surface area contributed by atoms with Crippen molar-refractivity contribution in [3.05, 3.63) is 0 Å². The van der Waals surface area contributed by atoms with E-state index in [1.54, 1.807) is 0 Å². The molecule has 0 heterocycles. The van der Waals surface area contributed by atoms with Crippen molar-refractivity contribution in [2.75, 3.05) is 0 Å². The zero-order valence-electron chi connectivity index (χ0n) is 9.34. The van der Waals surface area contributed by atoms with Gasteiger partial charge in [-0.2, -0.15) is 0 Å². The number of rotatable bonds is 4. The van der Waals surface area contributed by atoms with Gasteiger partial charge in [0, 0.05) is 6.04 Å². The van der Waals surface area contributed by atoms with Gasteiger partial charge in [-0.3, -0.25) is 4.79 Å². The van der Waals surface area contributed by atoms with Crippen LogP contribution in [0.1, 0.15) is 46.5 Å². The number of hydrogen-bond acceptors (Lipinski definition) is 2. The van der Waals surface area contributed by atoms with Crippen LogP contribution < -0.4 is 5.32 Å². The molecule has 0 aromatic heterocycles. The summed E-state index contributed by atoms with van der Waals surface area (Å²) in [5, 5.41) is 12.2. The largest absolute Gasteiger partial charge is 0.480 e. The van der Waals surface area contributed by atoms with Gasteiger partial charge in [-0.15, -0.1) is 0 Å². The smallest absolute Gasteiger partial charge is 0.320 e. The highest BCUT2D eigenvalue weighted by atomic mass is 16.4. The van der Waals surface area contributed by atoms with Gasteiger partial charge in [0.15, 0.2) is 0 Å². The third kappa shape index (κ3) is 2.47. The van der Waals surface area contributed by atoms with E-state index < -0.39 is 5.97 Å². The molecule has 3 nitrogen and oxygen atoms in total. The maximum absolute atomic E-state index is 10.9. The van der Waals surface area contributed by atoms with Crippen molar-refractivity contribution in [1.82, 2.24) is 5.32 Å². The summed E-state index contributed by atoms with van der Waals surface area (Å²) in [4.78, 5) is 10.9. The molecule has 82 valence electrons. The second kappa shape index (κ2) is 4.30. The fourth-order valence-corrected chi connectivity index (χ4v) is 2.24. The first kappa shape index (κ1) is 11.5. The Kier molecular flexibility index (Phi) is 3.53. The maximum Gasteiger partial charge on any atom is 0.320 e. The molecule has 2 atom stereocenters. The molecule has 0 saturated heterocycles. The van der Waals surface area contributed by atoms with Crippen LogP contribution in [0, 0.1) is 5.41 Å². The SMILES string of the molecule is CCC(NC1CCCC1(C)C)C(=O)O. The van der Waals surface area contributed by atoms with Crippen LogP contribution in [0.25, 0.3) is 0 Å². The minimum atomic E-state index is -0.727. The quantitative estimate of drug-likeness (QED) is 0.728. The van der Waals surface area contributed by atoms with Crippen molar-refractivity contribution in [1.29, 1.82) is 0 Å². The molecule has 0 spiro atoms. The van der Waals surface area contributed by atoms with Crippen LogP contribution in [-0.2, 0) is 4.79 Å². The van der Waals surface area contributed by atoms with Crippen molar-refractivity contribution in [2.24, 2.45) is 5.41 Å². The summed E-state index contributed by atoms with van der Waals surface area (Å²) in [5.74, 6) is -0.727. The fraction of sp³-hybridized carbons (Fsp3) is 0.909. The topological polar surface area (TPSA) is 49.3 Å². The first-order valence-corrected chi connectivity index (χ1v) is 5.46. The summed E-state index contributed by atoms with van der Waals surface area (Å²) in [7, 11) is 0. The van der Waals surface area contributed by atoms with E-state index >= 15 is 0 Å². The molecule has 0 aromatic carbocycles. The van der Waals surface area contributed by atoms with Crippen molar-refractivity contribution >= 4 is 5.97 Å². The number of hydrogen-bond donors (Lipinski definition) is 2. The molecule has 2 unspecified atom stereocenters. The molecule has 2 N–H and O–H groups in total. The highest BCUT2D eigenvalue weighted by molar-refractivity contribution is 5.73. The van der Waals surface area contributed by atoms with Gasteiger partial charge in [0.05, 0.1) is 0 Å². The summed E-state index contributed by atoms with van der Waals surface area (Å²) in [5.41, 5.74) is 0.253. The Morgan fingerprint density at radius 3 is 2.64 bits per heavy atom. The van der Waals surface area contributed by atoms with Crippen molar-refractivity contribution < 1.29 is 9.90 Å². The van der Waals surface area contributed by atoms with Gasteiger partial charge in [0.1, 0.15) is 6.04 Å². The van der Waals surface area contributed by atoms with E-state index in [9.17, 15) is 4.79 Å². The Bertz CT molecular complexity index is 213. The molecule has 0 amide bonds. The molecular formula is C11H21NO2. The third-order valence-electron chi connectivity index (χ3n) is 3.37. The summed E-state index contributed by atoms with van der Waals surface area (Å²) >= 11 is 0. The van der Waals surface area contributed by atoms with Crippen LogP contribution in [0.4, 0.5) is 0 Å². The van der Waals surface area contributed by atoms with Crippen LogP contribution in [-0.4, -0.2) is 23.2 Å². The minimum Gasteiger partial charge on any atom is -0.480 e. The van der Waals surface area contributed by atoms with E-state index in [2.05, 4.69) is 19.2 Å². The fourth-order valence-electron chi connectivity index (χ4n) is 2.24. The Labute approximate surface area is 85.9 Å². The van der Waals surface area contributed by atoms with Crippen molar-refractivity contribution in [3.63, 3.8) is 0 Å². The van der Waals surface area contributed by atoms with E-state index in [-0.39, 0.29) is 11.5 Å². The maximum atomic E-state index is 10.9. The first-order chi connectivity index (χ1) is 6.47. The monoisotopic (exact) mass is 199 g/mol. The molecule has 14 heavy (non-hydrogen) atoms. The minimum absolute atomic E-state index is 0.253. The van der Waals surface area contributed by atoms with E-state index in [1.165, 1.54) is 12.8 Å². The van der Waals surface area contributed by atoms with E-state index in [4.69, 9.17) is 5.11 Å². The predicted octanol–water partition coefficient (Wildman–Crippen LogP) is 2.02. The molecule has 1 fully saturated rings. The average molecular weight is 199 g/mol. The number of nitrogens with one attached hydrogen (secondary N) is 1. The highest BCUT2D eigenvalue weighted by Gasteiger charge is 2.36. The molecule has 1 saturated carbocycles. The van der Waals surface area contributed by atoms with Crippen LogP contribution in [0.15, 0.2) is 0 Å². The summed E-state index contributed by atoms with van der Waals surface area (Å²) in [6.07, 6.45) is 4.17. The molecule has 0 aromatic rings. The van der Waals surface area contributed by atoms with Gasteiger partial charge in [0.25, 0.3) is 0 Å². The number of carbonyl (C=O) groups is 1. The van der Waals surface area contributed by atoms with Gasteiger partial charge < -0.3 is 10.4 Å². The number of carboxylic acid groups (broad SMARTS) is 1. The molecule has 1 rings (SSSR count). The highest BCUT2D eigenvalue weighted by Crippen LogP contribution is 2.37. The lowest BCUT2D eigenvalue weighted by molar-refractivity contribution is -0.139. The van der Waals surface area contributed by atoms with E-state index in [0.29, 0.717) is 12.5 Å².